The zero-order valence-electron chi connectivity index (χ0n) is 9.50. The lowest BCUT2D eigenvalue weighted by Crippen LogP contribution is -2.34. The van der Waals surface area contributed by atoms with Crippen LogP contribution in [0.15, 0.2) is 18.2 Å². The molecule has 1 atom stereocenters. The molecular formula is C13H15FN2O. The summed E-state index contributed by atoms with van der Waals surface area (Å²) in [4.78, 5) is 11.8. The fourth-order valence-electron chi connectivity index (χ4n) is 2.73. The van der Waals surface area contributed by atoms with Gasteiger partial charge >= 0.3 is 0 Å². The number of hydrogen-bond donors (Lipinski definition) is 2. The highest BCUT2D eigenvalue weighted by molar-refractivity contribution is 6.02. The minimum absolute atomic E-state index is 0.0718. The Morgan fingerprint density at radius 1 is 1.29 bits per heavy atom. The molecule has 3 rings (SSSR count). The van der Waals surface area contributed by atoms with Crippen molar-refractivity contribution in [2.75, 3.05) is 5.32 Å². The second kappa shape index (κ2) is 4.11. The van der Waals surface area contributed by atoms with E-state index < -0.39 is 0 Å². The molecule has 2 N–H and O–H groups in total. The molecule has 1 aromatic rings. The van der Waals surface area contributed by atoms with Gasteiger partial charge < -0.3 is 5.32 Å². The van der Waals surface area contributed by atoms with E-state index in [0.717, 1.165) is 18.4 Å². The lowest BCUT2D eigenvalue weighted by atomic mass is 10.1. The molecule has 90 valence electrons. The van der Waals surface area contributed by atoms with Crippen LogP contribution in [0.3, 0.4) is 0 Å². The molecule has 1 aromatic carbocycles. The van der Waals surface area contributed by atoms with Gasteiger partial charge in [0, 0.05) is 17.3 Å². The molecule has 0 radical (unpaired) electrons. The fourth-order valence-corrected chi connectivity index (χ4v) is 2.73. The maximum absolute atomic E-state index is 13.0. The number of anilines is 1. The predicted molar refractivity (Wildman–Crippen MR) is 63.2 cm³/mol. The highest BCUT2D eigenvalue weighted by Crippen LogP contribution is 2.33. The second-order valence-electron chi connectivity index (χ2n) is 4.80. The van der Waals surface area contributed by atoms with Crippen LogP contribution in [0.5, 0.6) is 0 Å². The van der Waals surface area contributed by atoms with Gasteiger partial charge in [-0.3, -0.25) is 10.1 Å². The fraction of sp³-hybridized carbons (Fsp3) is 0.462. The summed E-state index contributed by atoms with van der Waals surface area (Å²) in [6, 6.07) is 4.58. The summed E-state index contributed by atoms with van der Waals surface area (Å²) in [5.41, 5.74) is 1.47. The maximum atomic E-state index is 13.0. The van der Waals surface area contributed by atoms with Gasteiger partial charge in [-0.25, -0.2) is 4.39 Å². The molecule has 2 aliphatic rings. The predicted octanol–water partition coefficient (Wildman–Crippen LogP) is 2.35. The molecule has 4 heteroatoms. The van der Waals surface area contributed by atoms with Gasteiger partial charge in [-0.05, 0) is 25.0 Å². The lowest BCUT2D eigenvalue weighted by molar-refractivity contribution is -0.117. The molecule has 0 saturated heterocycles. The normalized spacial score (nSPS) is 23.8. The summed E-state index contributed by atoms with van der Waals surface area (Å²) in [5.74, 6) is -0.386. The number of hydrogen-bond acceptors (Lipinski definition) is 2. The van der Waals surface area contributed by atoms with Crippen molar-refractivity contribution in [2.45, 2.75) is 37.8 Å². The summed E-state index contributed by atoms with van der Waals surface area (Å²) >= 11 is 0. The standard InChI is InChI=1S/C13H15FN2O/c14-8-5-6-10-11(7-8)16-13(17)12(10)15-9-3-1-2-4-9/h5-7,9,12,15H,1-4H2,(H,16,17). The summed E-state index contributed by atoms with van der Waals surface area (Å²) in [6.07, 6.45) is 4.70. The van der Waals surface area contributed by atoms with Gasteiger partial charge in [0.2, 0.25) is 5.91 Å². The van der Waals surface area contributed by atoms with Gasteiger partial charge in [0.15, 0.2) is 0 Å². The van der Waals surface area contributed by atoms with Crippen molar-refractivity contribution in [1.29, 1.82) is 0 Å². The number of carbonyl (C=O) groups excluding carboxylic acids is 1. The highest BCUT2D eigenvalue weighted by atomic mass is 19.1. The molecule has 1 aliphatic carbocycles. The van der Waals surface area contributed by atoms with E-state index in [2.05, 4.69) is 10.6 Å². The molecule has 0 aromatic heterocycles. The van der Waals surface area contributed by atoms with E-state index in [9.17, 15) is 9.18 Å². The van der Waals surface area contributed by atoms with Gasteiger partial charge in [0.1, 0.15) is 11.9 Å². The monoisotopic (exact) mass is 234 g/mol. The Hall–Kier alpha value is -1.42. The molecule has 3 nitrogen and oxygen atoms in total. The van der Waals surface area contributed by atoms with E-state index in [-0.39, 0.29) is 17.8 Å². The Balaban J connectivity index is 1.83. The first-order valence-corrected chi connectivity index (χ1v) is 6.10. The molecule has 17 heavy (non-hydrogen) atoms. The number of carbonyl (C=O) groups is 1. The maximum Gasteiger partial charge on any atom is 0.246 e. The van der Waals surface area contributed by atoms with Gasteiger partial charge in [0.05, 0.1) is 0 Å². The average molecular weight is 234 g/mol. The first kappa shape index (κ1) is 10.7. The largest absolute Gasteiger partial charge is 0.324 e. The van der Waals surface area contributed by atoms with Crippen molar-refractivity contribution >= 4 is 11.6 Å². The topological polar surface area (TPSA) is 41.1 Å². The van der Waals surface area contributed by atoms with Gasteiger partial charge in [0.25, 0.3) is 0 Å². The van der Waals surface area contributed by atoms with Crippen molar-refractivity contribution in [3.05, 3.63) is 29.6 Å². The Labute approximate surface area is 99.4 Å². The number of nitrogens with one attached hydrogen (secondary N) is 2. The minimum atomic E-state index is -0.314. The Bertz CT molecular complexity index is 455. The molecule has 1 saturated carbocycles. The van der Waals surface area contributed by atoms with Crippen LogP contribution in [0.2, 0.25) is 0 Å². The molecule has 0 spiro atoms. The van der Waals surface area contributed by atoms with Gasteiger partial charge in [-0.2, -0.15) is 0 Å². The van der Waals surface area contributed by atoms with Crippen molar-refractivity contribution in [1.82, 2.24) is 5.32 Å². The third kappa shape index (κ3) is 1.93. The van der Waals surface area contributed by atoms with Crippen LogP contribution in [0, 0.1) is 5.82 Å². The highest BCUT2D eigenvalue weighted by Gasteiger charge is 2.32. The van der Waals surface area contributed by atoms with Crippen molar-refractivity contribution in [2.24, 2.45) is 0 Å². The second-order valence-corrected chi connectivity index (χ2v) is 4.80. The third-order valence-electron chi connectivity index (χ3n) is 3.60. The summed E-state index contributed by atoms with van der Waals surface area (Å²) in [7, 11) is 0. The van der Waals surface area contributed by atoms with Crippen LogP contribution < -0.4 is 10.6 Å². The van der Waals surface area contributed by atoms with Crippen molar-refractivity contribution < 1.29 is 9.18 Å². The summed E-state index contributed by atoms with van der Waals surface area (Å²) in [5, 5.41) is 6.09. The van der Waals surface area contributed by atoms with E-state index in [4.69, 9.17) is 0 Å². The number of benzene rings is 1. The van der Waals surface area contributed by atoms with Gasteiger partial charge in [-0.1, -0.05) is 18.9 Å². The zero-order chi connectivity index (χ0) is 11.8. The first-order chi connectivity index (χ1) is 8.24. The molecular weight excluding hydrogens is 219 g/mol. The summed E-state index contributed by atoms with van der Waals surface area (Å²) in [6.45, 7) is 0. The number of rotatable bonds is 2. The Morgan fingerprint density at radius 3 is 2.82 bits per heavy atom. The number of halogens is 1. The zero-order valence-corrected chi connectivity index (χ0v) is 9.50. The van der Waals surface area contributed by atoms with Crippen LogP contribution >= 0.6 is 0 Å². The lowest BCUT2D eigenvalue weighted by Gasteiger charge is -2.17. The van der Waals surface area contributed by atoms with E-state index in [1.54, 1.807) is 6.07 Å². The van der Waals surface area contributed by atoms with Crippen LogP contribution in [-0.2, 0) is 4.79 Å². The van der Waals surface area contributed by atoms with E-state index in [1.807, 2.05) is 0 Å². The van der Waals surface area contributed by atoms with E-state index >= 15 is 0 Å². The minimum Gasteiger partial charge on any atom is -0.324 e. The first-order valence-electron chi connectivity index (χ1n) is 6.10. The quantitative estimate of drug-likeness (QED) is 0.824. The third-order valence-corrected chi connectivity index (χ3v) is 3.60. The molecule has 1 unspecified atom stereocenters. The van der Waals surface area contributed by atoms with Crippen LogP contribution in [0.25, 0.3) is 0 Å². The smallest absolute Gasteiger partial charge is 0.246 e. The van der Waals surface area contributed by atoms with Crippen molar-refractivity contribution in [3.63, 3.8) is 0 Å². The van der Waals surface area contributed by atoms with Crippen LogP contribution in [0.4, 0.5) is 10.1 Å². The van der Waals surface area contributed by atoms with E-state index in [1.165, 1.54) is 25.0 Å². The summed E-state index contributed by atoms with van der Waals surface area (Å²) < 4.78 is 13.0. The van der Waals surface area contributed by atoms with Crippen LogP contribution in [0.1, 0.15) is 37.3 Å². The SMILES string of the molecule is O=C1Nc2cc(F)ccc2C1NC1CCCC1. The Kier molecular flexibility index (Phi) is 2.59. The molecule has 1 heterocycles. The van der Waals surface area contributed by atoms with Crippen molar-refractivity contribution in [3.8, 4) is 0 Å². The average Bonchev–Trinajstić information content (AvgIpc) is 2.88. The molecule has 1 amide bonds. The Morgan fingerprint density at radius 2 is 2.06 bits per heavy atom. The molecule has 1 aliphatic heterocycles. The molecule has 0 bridgehead atoms. The number of fused-ring (bicyclic) bond motifs is 1. The van der Waals surface area contributed by atoms with Gasteiger partial charge in [-0.15, -0.1) is 0 Å². The number of amides is 1. The van der Waals surface area contributed by atoms with Crippen LogP contribution in [-0.4, -0.2) is 11.9 Å². The van der Waals surface area contributed by atoms with E-state index in [0.29, 0.717) is 11.7 Å². The molecule has 1 fully saturated rings.